The van der Waals surface area contributed by atoms with E-state index >= 15 is 0 Å². The number of carbonyl (C=O) groups is 1. The summed E-state index contributed by atoms with van der Waals surface area (Å²) in [6.07, 6.45) is 0.214. The topological polar surface area (TPSA) is 81.8 Å². The first-order valence-corrected chi connectivity index (χ1v) is 7.38. The maximum atomic E-state index is 11.1. The molecule has 0 spiro atoms. The van der Waals surface area contributed by atoms with Gasteiger partial charge in [-0.25, -0.2) is 4.79 Å². The average Bonchev–Trinajstić information content (AvgIpc) is 2.89. The zero-order valence-corrected chi connectivity index (χ0v) is 12.9. The van der Waals surface area contributed by atoms with E-state index in [4.69, 9.17) is 4.84 Å². The van der Waals surface area contributed by atoms with Crippen molar-refractivity contribution in [1.29, 1.82) is 0 Å². The minimum atomic E-state index is -0.533. The molecule has 0 bridgehead atoms. The van der Waals surface area contributed by atoms with E-state index in [0.29, 0.717) is 11.3 Å². The maximum absolute atomic E-state index is 11.1. The quantitative estimate of drug-likeness (QED) is 0.366. The number of nitro benzene ring substituents is 1. The number of benzene rings is 1. The van der Waals surface area contributed by atoms with Crippen LogP contribution >= 0.6 is 11.3 Å². The molecule has 0 aliphatic rings. The van der Waals surface area contributed by atoms with Crippen LogP contribution in [-0.4, -0.2) is 16.6 Å². The van der Waals surface area contributed by atoms with Gasteiger partial charge in [0.2, 0.25) is 0 Å². The third kappa shape index (κ3) is 3.76. The lowest BCUT2D eigenvalue weighted by Gasteiger charge is -2.06. The Kier molecular flexibility index (Phi) is 5.00. The molecule has 0 amide bonds. The molecule has 0 radical (unpaired) electrons. The predicted molar refractivity (Wildman–Crippen MR) is 84.2 cm³/mol. The molecule has 0 saturated carbocycles. The van der Waals surface area contributed by atoms with Gasteiger partial charge >= 0.3 is 5.97 Å². The lowest BCUT2D eigenvalue weighted by molar-refractivity contribution is -0.385. The largest absolute Gasteiger partial charge is 0.331 e. The third-order valence-corrected chi connectivity index (χ3v) is 4.02. The molecular formula is C15H14N2O4S. The van der Waals surface area contributed by atoms with Crippen LogP contribution in [0, 0.1) is 17.0 Å². The standard InChI is InChI=1S/C15H14N2O4S/c1-10-7-8-22-15(10)13(16-21-11(2)18)9-12-5-3-4-6-14(12)17(19)20/h3-8H,9H2,1-2H3. The number of carbonyl (C=O) groups excluding carboxylic acids is 1. The van der Waals surface area contributed by atoms with E-state index in [1.807, 2.05) is 18.4 Å². The molecule has 7 heteroatoms. The number of nitrogens with zero attached hydrogens (tertiary/aromatic N) is 2. The van der Waals surface area contributed by atoms with Gasteiger partial charge in [0.25, 0.3) is 5.69 Å². The normalized spacial score (nSPS) is 11.3. The first kappa shape index (κ1) is 15.8. The second kappa shape index (κ2) is 6.95. The van der Waals surface area contributed by atoms with Gasteiger partial charge in [0.05, 0.1) is 9.80 Å². The van der Waals surface area contributed by atoms with Gasteiger partial charge in [0.15, 0.2) is 0 Å². The molecular weight excluding hydrogens is 304 g/mol. The van der Waals surface area contributed by atoms with Crippen molar-refractivity contribution in [1.82, 2.24) is 0 Å². The molecule has 1 heterocycles. The van der Waals surface area contributed by atoms with Crippen LogP contribution in [0.15, 0.2) is 40.9 Å². The van der Waals surface area contributed by atoms with Crippen molar-refractivity contribution in [3.63, 3.8) is 0 Å². The second-order valence-electron chi connectivity index (χ2n) is 4.62. The third-order valence-electron chi connectivity index (χ3n) is 2.95. The summed E-state index contributed by atoms with van der Waals surface area (Å²) < 4.78 is 0. The molecule has 1 aromatic heterocycles. The summed E-state index contributed by atoms with van der Waals surface area (Å²) in [6.45, 7) is 3.17. The van der Waals surface area contributed by atoms with E-state index in [0.717, 1.165) is 10.4 Å². The Morgan fingerprint density at radius 2 is 2.09 bits per heavy atom. The summed E-state index contributed by atoms with van der Waals surface area (Å²) in [7, 11) is 0. The number of aryl methyl sites for hydroxylation is 1. The molecule has 6 nitrogen and oxygen atoms in total. The van der Waals surface area contributed by atoms with E-state index in [2.05, 4.69) is 5.16 Å². The first-order valence-electron chi connectivity index (χ1n) is 6.50. The fourth-order valence-electron chi connectivity index (χ4n) is 1.96. The summed E-state index contributed by atoms with van der Waals surface area (Å²) in [5, 5.41) is 16.9. The molecule has 0 unspecified atom stereocenters. The highest BCUT2D eigenvalue weighted by Gasteiger charge is 2.18. The van der Waals surface area contributed by atoms with Gasteiger partial charge in [-0.15, -0.1) is 11.3 Å². The smallest absolute Gasteiger partial charge is 0.318 e. The van der Waals surface area contributed by atoms with Gasteiger partial charge in [-0.2, -0.15) is 0 Å². The summed E-state index contributed by atoms with van der Waals surface area (Å²) in [5.74, 6) is -0.533. The van der Waals surface area contributed by atoms with Gasteiger partial charge in [-0.1, -0.05) is 23.4 Å². The van der Waals surface area contributed by atoms with E-state index < -0.39 is 10.9 Å². The Morgan fingerprint density at radius 1 is 1.36 bits per heavy atom. The Labute approximate surface area is 131 Å². The molecule has 0 N–H and O–H groups in total. The highest BCUT2D eigenvalue weighted by molar-refractivity contribution is 7.12. The number of rotatable bonds is 5. The minimum Gasteiger partial charge on any atom is -0.318 e. The van der Waals surface area contributed by atoms with Crippen LogP contribution in [0.2, 0.25) is 0 Å². The molecule has 2 rings (SSSR count). The molecule has 0 fully saturated rings. The van der Waals surface area contributed by atoms with Crippen LogP contribution in [0.25, 0.3) is 0 Å². The van der Waals surface area contributed by atoms with Crippen LogP contribution in [0.3, 0.4) is 0 Å². The monoisotopic (exact) mass is 318 g/mol. The lowest BCUT2D eigenvalue weighted by atomic mass is 10.0. The molecule has 22 heavy (non-hydrogen) atoms. The predicted octanol–water partition coefficient (Wildman–Crippen LogP) is 3.47. The van der Waals surface area contributed by atoms with Crippen molar-refractivity contribution in [3.05, 3.63) is 61.8 Å². The fourth-order valence-corrected chi connectivity index (χ4v) is 2.87. The number of oxime groups is 1. The molecule has 1 aromatic carbocycles. The van der Waals surface area contributed by atoms with Gasteiger partial charge in [0, 0.05) is 25.0 Å². The van der Waals surface area contributed by atoms with Crippen molar-refractivity contribution in [2.45, 2.75) is 20.3 Å². The SMILES string of the molecule is CC(=O)ON=C(Cc1ccccc1[N+](=O)[O-])c1sccc1C. The van der Waals surface area contributed by atoms with Gasteiger partial charge < -0.3 is 4.84 Å². The zero-order valence-electron chi connectivity index (χ0n) is 12.1. The Morgan fingerprint density at radius 3 is 2.68 bits per heavy atom. The number of nitro groups is 1. The molecule has 114 valence electrons. The maximum Gasteiger partial charge on any atom is 0.331 e. The van der Waals surface area contributed by atoms with E-state index in [1.165, 1.54) is 24.3 Å². The van der Waals surface area contributed by atoms with Crippen LogP contribution in [0.1, 0.15) is 22.9 Å². The molecule has 0 saturated heterocycles. The van der Waals surface area contributed by atoms with Crippen LogP contribution in [0.5, 0.6) is 0 Å². The van der Waals surface area contributed by atoms with Crippen LogP contribution < -0.4 is 0 Å². The van der Waals surface area contributed by atoms with Crippen molar-refractivity contribution in [2.75, 3.05) is 0 Å². The summed E-state index contributed by atoms with van der Waals surface area (Å²) in [4.78, 5) is 27.3. The Bertz CT molecular complexity index is 737. The molecule has 0 aliphatic heterocycles. The van der Waals surface area contributed by atoms with E-state index in [1.54, 1.807) is 18.2 Å². The highest BCUT2D eigenvalue weighted by atomic mass is 32.1. The van der Waals surface area contributed by atoms with Crippen molar-refractivity contribution in [3.8, 4) is 0 Å². The second-order valence-corrected chi connectivity index (χ2v) is 5.53. The minimum absolute atomic E-state index is 0.0206. The first-order chi connectivity index (χ1) is 10.5. The molecule has 2 aromatic rings. The summed E-state index contributed by atoms with van der Waals surface area (Å²) in [5.41, 5.74) is 2.02. The molecule has 0 aliphatic carbocycles. The number of hydrogen-bond donors (Lipinski definition) is 0. The summed E-state index contributed by atoms with van der Waals surface area (Å²) in [6, 6.07) is 8.38. The van der Waals surface area contributed by atoms with Crippen molar-refractivity contribution >= 4 is 28.7 Å². The van der Waals surface area contributed by atoms with Gasteiger partial charge in [-0.05, 0) is 23.9 Å². The van der Waals surface area contributed by atoms with Gasteiger partial charge in [-0.3, -0.25) is 10.1 Å². The van der Waals surface area contributed by atoms with E-state index in [-0.39, 0.29) is 12.1 Å². The van der Waals surface area contributed by atoms with Gasteiger partial charge in [0.1, 0.15) is 5.71 Å². The van der Waals surface area contributed by atoms with Crippen LogP contribution in [0.4, 0.5) is 5.69 Å². The number of para-hydroxylation sites is 1. The van der Waals surface area contributed by atoms with Crippen molar-refractivity contribution in [2.24, 2.45) is 5.16 Å². The Balaban J connectivity index is 2.40. The molecule has 0 atom stereocenters. The van der Waals surface area contributed by atoms with Crippen LogP contribution in [-0.2, 0) is 16.1 Å². The average molecular weight is 318 g/mol. The Hall–Kier alpha value is -2.54. The van der Waals surface area contributed by atoms with Crippen molar-refractivity contribution < 1.29 is 14.6 Å². The number of thiophene rings is 1. The lowest BCUT2D eigenvalue weighted by Crippen LogP contribution is -2.09. The fraction of sp³-hybridized carbons (Fsp3) is 0.200. The van der Waals surface area contributed by atoms with E-state index in [9.17, 15) is 14.9 Å². The number of hydrogen-bond acceptors (Lipinski definition) is 6. The highest BCUT2D eigenvalue weighted by Crippen LogP contribution is 2.23. The zero-order chi connectivity index (χ0) is 16.1. The summed E-state index contributed by atoms with van der Waals surface area (Å²) >= 11 is 1.45.